The van der Waals surface area contributed by atoms with Crippen LogP contribution in [0.2, 0.25) is 0 Å². The third-order valence-corrected chi connectivity index (χ3v) is 3.98. The average Bonchev–Trinajstić information content (AvgIpc) is 2.66. The van der Waals surface area contributed by atoms with Gasteiger partial charge >= 0.3 is 12.1 Å². The molecule has 1 aromatic carbocycles. The third-order valence-electron chi connectivity index (χ3n) is 3.98. The van der Waals surface area contributed by atoms with Crippen LogP contribution < -0.4 is 5.32 Å². The van der Waals surface area contributed by atoms with E-state index in [0.717, 1.165) is 17.5 Å². The van der Waals surface area contributed by atoms with E-state index in [4.69, 9.17) is 9.47 Å². The van der Waals surface area contributed by atoms with Crippen molar-refractivity contribution in [3.05, 3.63) is 34.9 Å². The molecule has 0 aromatic heterocycles. The second-order valence-electron chi connectivity index (χ2n) is 7.58. The van der Waals surface area contributed by atoms with Crippen LogP contribution in [0.4, 0.5) is 4.79 Å². The number of benzene rings is 1. The molecule has 2 rings (SSSR count). The Bertz CT molecular complexity index is 628. The fraction of sp³-hybridized carbons (Fsp3) is 0.556. The summed E-state index contributed by atoms with van der Waals surface area (Å²) in [5, 5.41) is 2.92. The minimum absolute atomic E-state index is 0.0797. The van der Waals surface area contributed by atoms with Crippen molar-refractivity contribution in [1.29, 1.82) is 0 Å². The van der Waals surface area contributed by atoms with E-state index >= 15 is 0 Å². The SMILES string of the molecule is COC(=O)c1ccc2c(c1)C(NC(=O)OC(C)(C)C)CC2(C)C. The fourth-order valence-corrected chi connectivity index (χ4v) is 3.02. The zero-order valence-electron chi connectivity index (χ0n) is 14.6. The van der Waals surface area contributed by atoms with Gasteiger partial charge in [0.05, 0.1) is 18.7 Å². The van der Waals surface area contributed by atoms with Crippen molar-refractivity contribution in [2.45, 2.75) is 58.1 Å². The first-order valence-corrected chi connectivity index (χ1v) is 7.76. The first kappa shape index (κ1) is 17.3. The summed E-state index contributed by atoms with van der Waals surface area (Å²) >= 11 is 0. The summed E-state index contributed by atoms with van der Waals surface area (Å²) < 4.78 is 10.1. The van der Waals surface area contributed by atoms with Gasteiger partial charge in [-0.1, -0.05) is 19.9 Å². The molecule has 0 saturated carbocycles. The second-order valence-corrected chi connectivity index (χ2v) is 7.58. The molecule has 0 radical (unpaired) electrons. The van der Waals surface area contributed by atoms with Gasteiger partial charge in [0.2, 0.25) is 0 Å². The topological polar surface area (TPSA) is 64.6 Å². The maximum atomic E-state index is 12.1. The van der Waals surface area contributed by atoms with E-state index in [1.807, 2.05) is 26.8 Å². The molecule has 1 N–H and O–H groups in total. The van der Waals surface area contributed by atoms with Crippen LogP contribution in [-0.2, 0) is 14.9 Å². The van der Waals surface area contributed by atoms with Crippen molar-refractivity contribution >= 4 is 12.1 Å². The fourth-order valence-electron chi connectivity index (χ4n) is 3.02. The smallest absolute Gasteiger partial charge is 0.408 e. The molecular weight excluding hydrogens is 294 g/mol. The van der Waals surface area contributed by atoms with Crippen LogP contribution >= 0.6 is 0 Å². The van der Waals surface area contributed by atoms with Crippen LogP contribution in [-0.4, -0.2) is 24.8 Å². The van der Waals surface area contributed by atoms with Gasteiger partial charge < -0.3 is 14.8 Å². The number of hydrogen-bond donors (Lipinski definition) is 1. The molecule has 0 spiro atoms. The van der Waals surface area contributed by atoms with Gasteiger partial charge in [0, 0.05) is 0 Å². The Labute approximate surface area is 137 Å². The standard InChI is InChI=1S/C18H25NO4/c1-17(2,3)23-16(21)19-14-10-18(4,5)13-8-7-11(9-12(13)14)15(20)22-6/h7-9,14H,10H2,1-6H3,(H,19,21). The highest BCUT2D eigenvalue weighted by atomic mass is 16.6. The zero-order valence-corrected chi connectivity index (χ0v) is 14.6. The van der Waals surface area contributed by atoms with Crippen molar-refractivity contribution < 1.29 is 19.1 Å². The number of fused-ring (bicyclic) bond motifs is 1. The highest BCUT2D eigenvalue weighted by Gasteiger charge is 2.38. The van der Waals surface area contributed by atoms with Gasteiger partial charge in [0.15, 0.2) is 0 Å². The van der Waals surface area contributed by atoms with Gasteiger partial charge in [-0.05, 0) is 55.9 Å². The minimum atomic E-state index is -0.547. The van der Waals surface area contributed by atoms with Gasteiger partial charge in [-0.2, -0.15) is 0 Å². The number of ether oxygens (including phenoxy) is 2. The summed E-state index contributed by atoms with van der Waals surface area (Å²) in [5.41, 5.74) is 1.94. The number of nitrogens with one attached hydrogen (secondary N) is 1. The van der Waals surface area contributed by atoms with Gasteiger partial charge in [-0.15, -0.1) is 0 Å². The molecule has 0 heterocycles. The van der Waals surface area contributed by atoms with Crippen LogP contribution in [0.25, 0.3) is 0 Å². The number of alkyl carbamates (subject to hydrolysis) is 1. The molecule has 23 heavy (non-hydrogen) atoms. The summed E-state index contributed by atoms with van der Waals surface area (Å²) in [7, 11) is 1.36. The van der Waals surface area contributed by atoms with E-state index in [1.54, 1.807) is 12.1 Å². The number of rotatable bonds is 2. The van der Waals surface area contributed by atoms with E-state index in [2.05, 4.69) is 19.2 Å². The number of amides is 1. The van der Waals surface area contributed by atoms with E-state index in [-0.39, 0.29) is 17.4 Å². The average molecular weight is 319 g/mol. The highest BCUT2D eigenvalue weighted by Crippen LogP contribution is 2.44. The van der Waals surface area contributed by atoms with E-state index in [0.29, 0.717) is 5.56 Å². The Morgan fingerprint density at radius 1 is 1.26 bits per heavy atom. The van der Waals surface area contributed by atoms with Crippen molar-refractivity contribution in [1.82, 2.24) is 5.32 Å². The quantitative estimate of drug-likeness (QED) is 0.844. The maximum absolute atomic E-state index is 12.1. The number of esters is 1. The molecule has 1 aliphatic rings. The Hall–Kier alpha value is -2.04. The van der Waals surface area contributed by atoms with Crippen molar-refractivity contribution in [2.75, 3.05) is 7.11 Å². The monoisotopic (exact) mass is 319 g/mol. The summed E-state index contributed by atoms with van der Waals surface area (Å²) in [6.45, 7) is 9.73. The predicted octanol–water partition coefficient (Wildman–Crippen LogP) is 3.72. The van der Waals surface area contributed by atoms with Gasteiger partial charge in [0.1, 0.15) is 5.60 Å². The van der Waals surface area contributed by atoms with Gasteiger partial charge in [-0.25, -0.2) is 9.59 Å². The van der Waals surface area contributed by atoms with Gasteiger partial charge in [-0.3, -0.25) is 0 Å². The van der Waals surface area contributed by atoms with Crippen LogP contribution in [0.1, 0.15) is 68.6 Å². The molecule has 0 saturated heterocycles. The third kappa shape index (κ3) is 3.84. The van der Waals surface area contributed by atoms with Gasteiger partial charge in [0.25, 0.3) is 0 Å². The van der Waals surface area contributed by atoms with Crippen molar-refractivity contribution in [3.8, 4) is 0 Å². The second kappa shape index (κ2) is 5.87. The van der Waals surface area contributed by atoms with E-state index in [9.17, 15) is 9.59 Å². The van der Waals surface area contributed by atoms with E-state index < -0.39 is 11.7 Å². The predicted molar refractivity (Wildman–Crippen MR) is 87.5 cm³/mol. The molecule has 1 aliphatic carbocycles. The van der Waals surface area contributed by atoms with Crippen LogP contribution in [0.3, 0.4) is 0 Å². The lowest BCUT2D eigenvalue weighted by atomic mass is 9.86. The van der Waals surface area contributed by atoms with Crippen molar-refractivity contribution in [3.63, 3.8) is 0 Å². The Morgan fingerprint density at radius 2 is 1.91 bits per heavy atom. The molecule has 126 valence electrons. The zero-order chi connectivity index (χ0) is 17.4. The lowest BCUT2D eigenvalue weighted by molar-refractivity contribution is 0.0500. The van der Waals surface area contributed by atoms with Crippen LogP contribution in [0, 0.1) is 0 Å². The number of hydrogen-bond acceptors (Lipinski definition) is 4. The minimum Gasteiger partial charge on any atom is -0.465 e. The summed E-state index contributed by atoms with van der Waals surface area (Å²) in [6.07, 6.45) is 0.307. The van der Waals surface area contributed by atoms with Crippen LogP contribution in [0.5, 0.6) is 0 Å². The number of carbonyl (C=O) groups excluding carboxylic acids is 2. The number of methoxy groups -OCH3 is 1. The first-order chi connectivity index (χ1) is 10.5. The van der Waals surface area contributed by atoms with Crippen LogP contribution in [0.15, 0.2) is 18.2 Å². The summed E-state index contributed by atoms with van der Waals surface area (Å²) in [4.78, 5) is 23.8. The lowest BCUT2D eigenvalue weighted by Gasteiger charge is -2.23. The molecule has 1 atom stereocenters. The molecule has 1 aromatic rings. The molecular formula is C18H25NO4. The first-order valence-electron chi connectivity index (χ1n) is 7.76. The van der Waals surface area contributed by atoms with Crippen molar-refractivity contribution in [2.24, 2.45) is 0 Å². The molecule has 1 unspecified atom stereocenters. The lowest BCUT2D eigenvalue weighted by Crippen LogP contribution is -2.34. The highest BCUT2D eigenvalue weighted by molar-refractivity contribution is 5.89. The molecule has 1 amide bonds. The largest absolute Gasteiger partial charge is 0.465 e. The normalized spacial score (nSPS) is 19.0. The molecule has 0 aliphatic heterocycles. The molecule has 5 nitrogen and oxygen atoms in total. The molecule has 0 bridgehead atoms. The summed E-state index contributed by atoms with van der Waals surface area (Å²) in [6, 6.07) is 5.33. The molecule has 5 heteroatoms. The summed E-state index contributed by atoms with van der Waals surface area (Å²) in [5.74, 6) is -0.381. The Balaban J connectivity index is 2.28. The number of carbonyl (C=O) groups is 2. The van der Waals surface area contributed by atoms with E-state index in [1.165, 1.54) is 7.11 Å². The Kier molecular flexibility index (Phi) is 4.42. The molecule has 0 fully saturated rings. The maximum Gasteiger partial charge on any atom is 0.408 e. The Morgan fingerprint density at radius 3 is 2.48 bits per heavy atom.